The van der Waals surface area contributed by atoms with Gasteiger partial charge < -0.3 is 19.5 Å². The van der Waals surface area contributed by atoms with E-state index in [-0.39, 0.29) is 11.4 Å². The van der Waals surface area contributed by atoms with E-state index in [0.717, 1.165) is 11.1 Å². The van der Waals surface area contributed by atoms with Crippen molar-refractivity contribution in [2.24, 2.45) is 0 Å². The zero-order valence-corrected chi connectivity index (χ0v) is 17.6. The smallest absolute Gasteiger partial charge is 0.271 e. The van der Waals surface area contributed by atoms with Crippen LogP contribution in [0.2, 0.25) is 0 Å². The number of rotatable bonds is 9. The van der Waals surface area contributed by atoms with E-state index in [4.69, 9.17) is 14.2 Å². The topological polar surface area (TPSA) is 99.9 Å². The monoisotopic (exact) mass is 434 g/mol. The van der Waals surface area contributed by atoms with E-state index in [0.29, 0.717) is 23.9 Å². The summed E-state index contributed by atoms with van der Waals surface area (Å²) in [6.07, 6.45) is 2.92. The summed E-state index contributed by atoms with van der Waals surface area (Å²) in [6, 6.07) is 19.0. The number of carbonyl (C=O) groups is 1. The van der Waals surface area contributed by atoms with Gasteiger partial charge in [0, 0.05) is 18.2 Å². The van der Waals surface area contributed by atoms with E-state index >= 15 is 0 Å². The lowest BCUT2D eigenvalue weighted by Gasteiger charge is -2.11. The molecule has 1 amide bonds. The van der Waals surface area contributed by atoms with Crippen molar-refractivity contribution in [1.29, 1.82) is 0 Å². The number of nitrogens with one attached hydrogen (secondary N) is 1. The maximum atomic E-state index is 12.3. The summed E-state index contributed by atoms with van der Waals surface area (Å²) >= 11 is 0. The van der Waals surface area contributed by atoms with E-state index < -0.39 is 10.8 Å². The van der Waals surface area contributed by atoms with Crippen molar-refractivity contribution in [3.05, 3.63) is 94.0 Å². The number of ether oxygens (including phenoxy) is 3. The minimum absolute atomic E-state index is 0.152. The number of hydrogen-bond acceptors (Lipinski definition) is 6. The fourth-order valence-electron chi connectivity index (χ4n) is 2.90. The van der Waals surface area contributed by atoms with Crippen LogP contribution in [0.1, 0.15) is 11.1 Å². The van der Waals surface area contributed by atoms with Gasteiger partial charge in [0.25, 0.3) is 5.69 Å². The normalized spacial score (nSPS) is 10.6. The van der Waals surface area contributed by atoms with Gasteiger partial charge in [-0.15, -0.1) is 0 Å². The van der Waals surface area contributed by atoms with Gasteiger partial charge in [-0.3, -0.25) is 14.9 Å². The van der Waals surface area contributed by atoms with E-state index in [2.05, 4.69) is 5.32 Å². The first-order valence-corrected chi connectivity index (χ1v) is 9.66. The summed E-state index contributed by atoms with van der Waals surface area (Å²) in [5.74, 6) is 0.967. The molecule has 0 aromatic heterocycles. The van der Waals surface area contributed by atoms with Gasteiger partial charge in [-0.05, 0) is 35.4 Å². The Morgan fingerprint density at radius 2 is 1.69 bits per heavy atom. The zero-order chi connectivity index (χ0) is 22.9. The first kappa shape index (κ1) is 22.4. The second kappa shape index (κ2) is 10.6. The number of amides is 1. The van der Waals surface area contributed by atoms with Crippen LogP contribution < -0.4 is 19.5 Å². The Morgan fingerprint density at radius 3 is 2.38 bits per heavy atom. The molecule has 32 heavy (non-hydrogen) atoms. The number of benzene rings is 3. The summed E-state index contributed by atoms with van der Waals surface area (Å²) in [6.45, 7) is 0.403. The van der Waals surface area contributed by atoms with Gasteiger partial charge >= 0.3 is 0 Å². The molecule has 0 aliphatic rings. The molecule has 1 N–H and O–H groups in total. The van der Waals surface area contributed by atoms with Crippen LogP contribution in [0.4, 0.5) is 11.4 Å². The third-order valence-corrected chi connectivity index (χ3v) is 4.50. The Balaban J connectivity index is 1.69. The quantitative estimate of drug-likeness (QED) is 0.294. The molecule has 8 nitrogen and oxygen atoms in total. The van der Waals surface area contributed by atoms with Gasteiger partial charge in [0.15, 0.2) is 11.5 Å². The maximum absolute atomic E-state index is 12.3. The zero-order valence-electron chi connectivity index (χ0n) is 17.6. The van der Waals surface area contributed by atoms with E-state index in [9.17, 15) is 14.9 Å². The van der Waals surface area contributed by atoms with Gasteiger partial charge in [-0.1, -0.05) is 36.4 Å². The van der Waals surface area contributed by atoms with E-state index in [1.165, 1.54) is 31.4 Å². The fraction of sp³-hybridized carbons (Fsp3) is 0.125. The van der Waals surface area contributed by atoms with Crippen molar-refractivity contribution in [2.45, 2.75) is 6.61 Å². The molecule has 0 bridgehead atoms. The van der Waals surface area contributed by atoms with Crippen molar-refractivity contribution >= 4 is 23.4 Å². The molecular weight excluding hydrogens is 412 g/mol. The van der Waals surface area contributed by atoms with Gasteiger partial charge in [0.1, 0.15) is 12.4 Å². The van der Waals surface area contributed by atoms with Gasteiger partial charge in [0.2, 0.25) is 5.91 Å². The Labute approximate surface area is 185 Å². The highest BCUT2D eigenvalue weighted by Crippen LogP contribution is 2.30. The van der Waals surface area contributed by atoms with Crippen LogP contribution >= 0.6 is 0 Å². The molecule has 0 saturated carbocycles. The van der Waals surface area contributed by atoms with Crippen molar-refractivity contribution < 1.29 is 23.9 Å². The van der Waals surface area contributed by atoms with Crippen molar-refractivity contribution in [3.8, 4) is 17.2 Å². The van der Waals surface area contributed by atoms with Crippen LogP contribution in [0.25, 0.3) is 6.08 Å². The van der Waals surface area contributed by atoms with Crippen LogP contribution in [-0.2, 0) is 11.4 Å². The summed E-state index contributed by atoms with van der Waals surface area (Å²) in [7, 11) is 2.96. The van der Waals surface area contributed by atoms with Crippen LogP contribution in [0.15, 0.2) is 72.8 Å². The summed E-state index contributed by atoms with van der Waals surface area (Å²) in [5.41, 5.74) is 1.81. The number of methoxy groups -OCH3 is 2. The second-order valence-corrected chi connectivity index (χ2v) is 6.65. The molecule has 0 unspecified atom stereocenters. The van der Waals surface area contributed by atoms with E-state index in [1.807, 2.05) is 30.3 Å². The van der Waals surface area contributed by atoms with E-state index in [1.54, 1.807) is 31.4 Å². The molecule has 0 aliphatic heterocycles. The minimum Gasteiger partial charge on any atom is -0.495 e. The minimum atomic E-state index is -0.543. The van der Waals surface area contributed by atoms with Gasteiger partial charge in [-0.2, -0.15) is 0 Å². The average molecular weight is 434 g/mol. The predicted octanol–water partition coefficient (Wildman–Crippen LogP) is 4.84. The summed E-state index contributed by atoms with van der Waals surface area (Å²) in [4.78, 5) is 22.8. The molecule has 0 radical (unpaired) electrons. The number of nitrogens with zero attached hydrogens (tertiary/aromatic N) is 1. The van der Waals surface area contributed by atoms with Gasteiger partial charge in [0.05, 0.1) is 24.8 Å². The first-order valence-electron chi connectivity index (χ1n) is 9.66. The molecule has 3 rings (SSSR count). The average Bonchev–Trinajstić information content (AvgIpc) is 2.82. The molecule has 3 aromatic carbocycles. The lowest BCUT2D eigenvalue weighted by Crippen LogP contribution is -2.09. The molecule has 164 valence electrons. The summed E-state index contributed by atoms with van der Waals surface area (Å²) < 4.78 is 16.4. The molecule has 0 fully saturated rings. The van der Waals surface area contributed by atoms with Crippen LogP contribution in [-0.4, -0.2) is 25.1 Å². The summed E-state index contributed by atoms with van der Waals surface area (Å²) in [5, 5.41) is 13.6. The molecule has 0 aliphatic carbocycles. The number of hydrogen-bond donors (Lipinski definition) is 1. The second-order valence-electron chi connectivity index (χ2n) is 6.65. The number of carbonyl (C=O) groups excluding carboxylic acids is 1. The molecule has 0 spiro atoms. The van der Waals surface area contributed by atoms with Crippen LogP contribution in [0.5, 0.6) is 17.2 Å². The third-order valence-electron chi connectivity index (χ3n) is 4.50. The Bertz CT molecular complexity index is 1130. The number of nitro groups is 1. The third kappa shape index (κ3) is 5.85. The van der Waals surface area contributed by atoms with Crippen molar-refractivity contribution in [1.82, 2.24) is 0 Å². The maximum Gasteiger partial charge on any atom is 0.271 e. The molecule has 8 heteroatoms. The molecule has 3 aromatic rings. The standard InChI is InChI=1S/C24H22N2O6/c1-30-21-12-10-19(26(28)29)15-20(21)25-24(27)13-9-17-8-11-22(23(14-17)31-2)32-16-18-6-4-3-5-7-18/h3-15H,16H2,1-2H3,(H,25,27). The number of non-ortho nitro benzene ring substituents is 1. The SMILES string of the molecule is COc1ccc([N+](=O)[O-])cc1NC(=O)C=Cc1ccc(OCc2ccccc2)c(OC)c1. The molecule has 0 atom stereocenters. The van der Waals surface area contributed by atoms with Crippen molar-refractivity contribution in [3.63, 3.8) is 0 Å². The first-order chi connectivity index (χ1) is 15.5. The molecule has 0 saturated heterocycles. The largest absolute Gasteiger partial charge is 0.495 e. The molecule has 0 heterocycles. The van der Waals surface area contributed by atoms with Crippen LogP contribution in [0.3, 0.4) is 0 Å². The Hall–Kier alpha value is -4.33. The highest BCUT2D eigenvalue weighted by atomic mass is 16.6. The Kier molecular flexibility index (Phi) is 7.42. The predicted molar refractivity (Wildman–Crippen MR) is 121 cm³/mol. The fourth-order valence-corrected chi connectivity index (χ4v) is 2.90. The lowest BCUT2D eigenvalue weighted by molar-refractivity contribution is -0.384. The van der Waals surface area contributed by atoms with Crippen LogP contribution in [0, 0.1) is 10.1 Å². The highest BCUT2D eigenvalue weighted by molar-refractivity contribution is 6.03. The van der Waals surface area contributed by atoms with Crippen molar-refractivity contribution in [2.75, 3.05) is 19.5 Å². The van der Waals surface area contributed by atoms with Gasteiger partial charge in [-0.25, -0.2) is 0 Å². The number of nitro benzene ring substituents is 1. The molecular formula is C24H22N2O6. The lowest BCUT2D eigenvalue weighted by atomic mass is 10.2. The Morgan fingerprint density at radius 1 is 0.969 bits per heavy atom. The number of anilines is 1. The highest BCUT2D eigenvalue weighted by Gasteiger charge is 2.13.